The Kier molecular flexibility index (Phi) is 4.39. The summed E-state index contributed by atoms with van der Waals surface area (Å²) in [6.45, 7) is 0. The van der Waals surface area contributed by atoms with Gasteiger partial charge < -0.3 is 9.26 Å². The van der Waals surface area contributed by atoms with E-state index in [0.29, 0.717) is 22.4 Å². The summed E-state index contributed by atoms with van der Waals surface area (Å²) in [6.07, 6.45) is 0. The van der Waals surface area contributed by atoms with Crippen molar-refractivity contribution in [2.75, 3.05) is 7.11 Å². The highest BCUT2D eigenvalue weighted by Gasteiger charge is 2.10. The molecule has 112 valence electrons. The molecule has 0 aliphatic rings. The molecule has 2 aromatic carbocycles. The average molecular weight is 316 g/mol. The van der Waals surface area contributed by atoms with Crippen molar-refractivity contribution in [1.29, 1.82) is 0 Å². The number of benzene rings is 2. The van der Waals surface area contributed by atoms with Crippen LogP contribution in [0.3, 0.4) is 0 Å². The molecule has 1 heterocycles. The molecular weight excluding hydrogens is 303 g/mol. The SMILES string of the molecule is COc1ccc(-c2nc(CSc3ccccc3F)no2)cc1. The van der Waals surface area contributed by atoms with Crippen LogP contribution in [0.5, 0.6) is 5.75 Å². The van der Waals surface area contributed by atoms with Crippen LogP contribution in [0.1, 0.15) is 5.82 Å². The molecule has 0 atom stereocenters. The van der Waals surface area contributed by atoms with Crippen molar-refractivity contribution in [3.05, 3.63) is 60.2 Å². The molecule has 0 radical (unpaired) electrons. The molecule has 3 rings (SSSR count). The third-order valence-corrected chi connectivity index (χ3v) is 4.04. The lowest BCUT2D eigenvalue weighted by molar-refractivity contribution is 0.414. The van der Waals surface area contributed by atoms with Gasteiger partial charge in [-0.3, -0.25) is 0 Å². The Bertz CT molecular complexity index is 759. The molecule has 3 aromatic rings. The van der Waals surface area contributed by atoms with Crippen LogP contribution in [0.2, 0.25) is 0 Å². The summed E-state index contributed by atoms with van der Waals surface area (Å²) in [7, 11) is 1.61. The highest BCUT2D eigenvalue weighted by Crippen LogP contribution is 2.26. The first-order valence-electron chi connectivity index (χ1n) is 6.60. The predicted octanol–water partition coefficient (Wildman–Crippen LogP) is 4.18. The summed E-state index contributed by atoms with van der Waals surface area (Å²) in [6, 6.07) is 14.0. The number of aromatic nitrogens is 2. The van der Waals surface area contributed by atoms with Crippen LogP contribution in [0.25, 0.3) is 11.5 Å². The van der Waals surface area contributed by atoms with Crippen molar-refractivity contribution >= 4 is 11.8 Å². The number of ether oxygens (including phenoxy) is 1. The van der Waals surface area contributed by atoms with Gasteiger partial charge in [0.1, 0.15) is 11.6 Å². The van der Waals surface area contributed by atoms with Crippen molar-refractivity contribution in [2.24, 2.45) is 0 Å². The van der Waals surface area contributed by atoms with Gasteiger partial charge in [-0.25, -0.2) is 4.39 Å². The Labute approximate surface area is 131 Å². The lowest BCUT2D eigenvalue weighted by atomic mass is 10.2. The summed E-state index contributed by atoms with van der Waals surface area (Å²) in [4.78, 5) is 4.89. The molecule has 0 fully saturated rings. The van der Waals surface area contributed by atoms with Gasteiger partial charge in [-0.2, -0.15) is 4.98 Å². The molecule has 0 unspecified atom stereocenters. The normalized spacial score (nSPS) is 10.6. The minimum atomic E-state index is -0.244. The lowest BCUT2D eigenvalue weighted by Gasteiger charge is -1.99. The first kappa shape index (κ1) is 14.6. The summed E-state index contributed by atoms with van der Waals surface area (Å²) < 4.78 is 23.9. The van der Waals surface area contributed by atoms with Crippen LogP contribution in [-0.4, -0.2) is 17.3 Å². The second-order valence-electron chi connectivity index (χ2n) is 4.46. The average Bonchev–Trinajstić information content (AvgIpc) is 3.03. The maximum absolute atomic E-state index is 13.5. The van der Waals surface area contributed by atoms with Gasteiger partial charge in [0.15, 0.2) is 5.82 Å². The van der Waals surface area contributed by atoms with E-state index < -0.39 is 0 Å². The zero-order valence-corrected chi connectivity index (χ0v) is 12.6. The highest BCUT2D eigenvalue weighted by atomic mass is 32.2. The quantitative estimate of drug-likeness (QED) is 0.661. The number of thioether (sulfide) groups is 1. The van der Waals surface area contributed by atoms with Crippen molar-refractivity contribution in [1.82, 2.24) is 10.1 Å². The fourth-order valence-electron chi connectivity index (χ4n) is 1.87. The number of rotatable bonds is 5. The van der Waals surface area contributed by atoms with Crippen molar-refractivity contribution in [3.63, 3.8) is 0 Å². The van der Waals surface area contributed by atoms with Gasteiger partial charge in [-0.15, -0.1) is 11.8 Å². The van der Waals surface area contributed by atoms with Crippen LogP contribution in [0.15, 0.2) is 57.9 Å². The molecule has 0 saturated heterocycles. The van der Waals surface area contributed by atoms with Gasteiger partial charge in [0, 0.05) is 10.5 Å². The zero-order valence-electron chi connectivity index (χ0n) is 11.8. The second-order valence-corrected chi connectivity index (χ2v) is 5.48. The Hall–Kier alpha value is -2.34. The second kappa shape index (κ2) is 6.62. The van der Waals surface area contributed by atoms with E-state index in [4.69, 9.17) is 9.26 Å². The van der Waals surface area contributed by atoms with Gasteiger partial charge in [0.25, 0.3) is 5.89 Å². The molecule has 0 amide bonds. The molecule has 0 aliphatic heterocycles. The van der Waals surface area contributed by atoms with Crippen LogP contribution >= 0.6 is 11.8 Å². The van der Waals surface area contributed by atoms with Gasteiger partial charge in [0.05, 0.1) is 12.9 Å². The minimum absolute atomic E-state index is 0.244. The number of nitrogens with zero attached hydrogens (tertiary/aromatic N) is 2. The predicted molar refractivity (Wildman–Crippen MR) is 82.2 cm³/mol. The van der Waals surface area contributed by atoms with E-state index in [9.17, 15) is 4.39 Å². The maximum atomic E-state index is 13.5. The zero-order chi connectivity index (χ0) is 15.4. The first-order chi connectivity index (χ1) is 10.8. The van der Waals surface area contributed by atoms with E-state index in [2.05, 4.69) is 10.1 Å². The Morgan fingerprint density at radius 2 is 1.91 bits per heavy atom. The topological polar surface area (TPSA) is 48.2 Å². The lowest BCUT2D eigenvalue weighted by Crippen LogP contribution is -1.86. The molecule has 0 N–H and O–H groups in total. The van der Waals surface area contributed by atoms with E-state index in [1.807, 2.05) is 24.3 Å². The third-order valence-electron chi connectivity index (χ3n) is 3.00. The summed E-state index contributed by atoms with van der Waals surface area (Å²) in [5, 5.41) is 3.92. The molecule has 0 bridgehead atoms. The largest absolute Gasteiger partial charge is 0.497 e. The molecular formula is C16H13FN2O2S. The number of hydrogen-bond donors (Lipinski definition) is 0. The van der Waals surface area contributed by atoms with Gasteiger partial charge in [-0.05, 0) is 36.4 Å². The van der Waals surface area contributed by atoms with E-state index in [1.54, 1.807) is 25.3 Å². The molecule has 4 nitrogen and oxygen atoms in total. The van der Waals surface area contributed by atoms with Gasteiger partial charge in [-0.1, -0.05) is 17.3 Å². The van der Waals surface area contributed by atoms with E-state index in [1.165, 1.54) is 17.8 Å². The van der Waals surface area contributed by atoms with Crippen molar-refractivity contribution in [3.8, 4) is 17.2 Å². The van der Waals surface area contributed by atoms with Crippen molar-refractivity contribution < 1.29 is 13.7 Å². The smallest absolute Gasteiger partial charge is 0.257 e. The number of hydrogen-bond acceptors (Lipinski definition) is 5. The number of methoxy groups -OCH3 is 1. The maximum Gasteiger partial charge on any atom is 0.257 e. The van der Waals surface area contributed by atoms with Crippen LogP contribution in [0, 0.1) is 5.82 Å². The van der Waals surface area contributed by atoms with Crippen LogP contribution in [-0.2, 0) is 5.75 Å². The molecule has 0 saturated carbocycles. The molecule has 22 heavy (non-hydrogen) atoms. The Morgan fingerprint density at radius 1 is 1.14 bits per heavy atom. The minimum Gasteiger partial charge on any atom is -0.497 e. The third kappa shape index (κ3) is 3.28. The summed E-state index contributed by atoms with van der Waals surface area (Å²) >= 11 is 1.33. The van der Waals surface area contributed by atoms with Crippen LogP contribution in [0.4, 0.5) is 4.39 Å². The Morgan fingerprint density at radius 3 is 2.64 bits per heavy atom. The highest BCUT2D eigenvalue weighted by molar-refractivity contribution is 7.98. The Balaban J connectivity index is 1.69. The standard InChI is InChI=1S/C16H13FN2O2S/c1-20-12-8-6-11(7-9-12)16-18-15(19-21-16)10-22-14-5-3-2-4-13(14)17/h2-9H,10H2,1H3. The van der Waals surface area contributed by atoms with Crippen LogP contribution < -0.4 is 4.74 Å². The number of halogens is 1. The molecule has 0 aliphatic carbocycles. The van der Waals surface area contributed by atoms with Gasteiger partial charge in [0.2, 0.25) is 0 Å². The molecule has 0 spiro atoms. The molecule has 6 heteroatoms. The van der Waals surface area contributed by atoms with E-state index >= 15 is 0 Å². The van der Waals surface area contributed by atoms with Crippen molar-refractivity contribution in [2.45, 2.75) is 10.6 Å². The van der Waals surface area contributed by atoms with Gasteiger partial charge >= 0.3 is 0 Å². The van der Waals surface area contributed by atoms with E-state index in [-0.39, 0.29) is 5.82 Å². The van der Waals surface area contributed by atoms with E-state index in [0.717, 1.165) is 11.3 Å². The molecule has 1 aromatic heterocycles. The summed E-state index contributed by atoms with van der Waals surface area (Å²) in [5.41, 5.74) is 0.815. The fraction of sp³-hybridized carbons (Fsp3) is 0.125. The monoisotopic (exact) mass is 316 g/mol. The first-order valence-corrected chi connectivity index (χ1v) is 7.59. The fourth-order valence-corrected chi connectivity index (χ4v) is 2.65. The summed E-state index contributed by atoms with van der Waals surface area (Å²) in [5.74, 6) is 1.93.